The van der Waals surface area contributed by atoms with Crippen LogP contribution in [0.3, 0.4) is 0 Å². The summed E-state index contributed by atoms with van der Waals surface area (Å²) in [4.78, 5) is 0. The van der Waals surface area contributed by atoms with Crippen molar-refractivity contribution in [2.75, 3.05) is 13.2 Å². The third-order valence-electron chi connectivity index (χ3n) is 3.08. The molecule has 8 heteroatoms. The highest BCUT2D eigenvalue weighted by Crippen LogP contribution is 2.66. The lowest BCUT2D eigenvalue weighted by atomic mass is 10.0. The smallest absolute Gasteiger partial charge is 0.343 e. The van der Waals surface area contributed by atoms with Gasteiger partial charge in [0.2, 0.25) is 5.88 Å². The molecule has 0 radical (unpaired) electrons. The molecular weight excluding hydrogens is 327 g/mol. The van der Waals surface area contributed by atoms with Gasteiger partial charge in [0.05, 0.1) is 13.2 Å². The van der Waals surface area contributed by atoms with Gasteiger partial charge in [0.25, 0.3) is 0 Å². The fraction of sp³-hybridized carbons (Fsp3) is 0.357. The van der Waals surface area contributed by atoms with Crippen molar-refractivity contribution in [3.8, 4) is 11.8 Å². The Kier molecular flexibility index (Phi) is 5.15. The fourth-order valence-electron chi connectivity index (χ4n) is 2.28. The Morgan fingerprint density at radius 2 is 2.05 bits per heavy atom. The lowest BCUT2D eigenvalue weighted by Crippen LogP contribution is -2.21. The van der Waals surface area contributed by atoms with Crippen LogP contribution >= 0.6 is 19.2 Å². The Morgan fingerprint density at radius 3 is 2.59 bits per heavy atom. The number of nitrogens with zero attached hydrogens (tertiary/aromatic N) is 1. The second-order valence-corrected chi connectivity index (χ2v) is 7.00. The number of ether oxygens (including phenoxy) is 1. The molecule has 2 rings (SSSR count). The number of nitriles is 1. The van der Waals surface area contributed by atoms with E-state index in [0.29, 0.717) is 16.3 Å². The summed E-state index contributed by atoms with van der Waals surface area (Å²) >= 11 is 6.02. The molecular formula is C14H16ClN2O4P. The molecule has 1 unspecified atom stereocenters. The molecule has 118 valence electrons. The summed E-state index contributed by atoms with van der Waals surface area (Å²) in [7, 11) is -3.66. The Morgan fingerprint density at radius 1 is 1.41 bits per heavy atom. The van der Waals surface area contributed by atoms with Gasteiger partial charge in [-0.2, -0.15) is 5.26 Å². The highest BCUT2D eigenvalue weighted by Gasteiger charge is 2.45. The van der Waals surface area contributed by atoms with E-state index in [1.54, 1.807) is 32.0 Å². The minimum Gasteiger partial charge on any atom is -0.440 e. The Balaban J connectivity index is 2.67. The molecule has 1 aliphatic heterocycles. The van der Waals surface area contributed by atoms with Crippen LogP contribution in [0.5, 0.6) is 5.75 Å². The van der Waals surface area contributed by atoms with Crippen LogP contribution < -0.4 is 10.5 Å². The Bertz CT molecular complexity index is 689. The zero-order valence-corrected chi connectivity index (χ0v) is 13.9. The number of halogens is 1. The van der Waals surface area contributed by atoms with Crippen molar-refractivity contribution >= 4 is 19.2 Å². The van der Waals surface area contributed by atoms with E-state index in [1.165, 1.54) is 0 Å². The van der Waals surface area contributed by atoms with Crippen LogP contribution in [-0.2, 0) is 13.6 Å². The van der Waals surface area contributed by atoms with Crippen LogP contribution in [0.2, 0.25) is 5.02 Å². The van der Waals surface area contributed by atoms with Crippen molar-refractivity contribution in [2.45, 2.75) is 19.5 Å². The molecule has 0 bridgehead atoms. The molecule has 2 N–H and O–H groups in total. The van der Waals surface area contributed by atoms with Crippen LogP contribution in [0.4, 0.5) is 0 Å². The van der Waals surface area contributed by atoms with Crippen LogP contribution in [0, 0.1) is 11.3 Å². The van der Waals surface area contributed by atoms with Crippen molar-refractivity contribution in [1.29, 1.82) is 5.26 Å². The van der Waals surface area contributed by atoms with E-state index in [2.05, 4.69) is 0 Å². The van der Waals surface area contributed by atoms with E-state index in [1.807, 2.05) is 6.07 Å². The summed E-state index contributed by atoms with van der Waals surface area (Å²) in [6, 6.07) is 6.74. The predicted octanol–water partition coefficient (Wildman–Crippen LogP) is 3.73. The minimum absolute atomic E-state index is 0.0139. The standard InChI is InChI=1S/C14H16ClN2O4P/c1-3-19-22(18,20-4-2)13-10-7-9(15)5-6-12(10)21-14(17)11(13)8-16/h5-7,13H,3-4,17H2,1-2H3. The topological polar surface area (TPSA) is 94.6 Å². The van der Waals surface area contributed by atoms with Crippen molar-refractivity contribution in [2.24, 2.45) is 5.73 Å². The average molecular weight is 343 g/mol. The van der Waals surface area contributed by atoms with E-state index < -0.39 is 13.3 Å². The molecule has 0 saturated carbocycles. The summed E-state index contributed by atoms with van der Waals surface area (Å²) in [5.41, 5.74) is 5.31. The Labute approximate surface area is 133 Å². The maximum Gasteiger partial charge on any atom is 0.343 e. The molecule has 1 aromatic carbocycles. The first-order chi connectivity index (χ1) is 10.5. The first kappa shape index (κ1) is 16.9. The van der Waals surface area contributed by atoms with Gasteiger partial charge in [-0.15, -0.1) is 0 Å². The van der Waals surface area contributed by atoms with Gasteiger partial charge >= 0.3 is 7.60 Å². The molecule has 6 nitrogen and oxygen atoms in total. The SMILES string of the molecule is CCOP(=O)(OCC)C1C(C#N)=C(N)Oc2ccc(Cl)cc21. The van der Waals surface area contributed by atoms with Crippen LogP contribution in [-0.4, -0.2) is 13.2 Å². The molecule has 0 spiro atoms. The summed E-state index contributed by atoms with van der Waals surface area (Å²) in [5.74, 6) is 0.271. The predicted molar refractivity (Wildman–Crippen MR) is 82.5 cm³/mol. The number of hydrogen-bond donors (Lipinski definition) is 1. The molecule has 1 heterocycles. The van der Waals surface area contributed by atoms with Gasteiger partial charge in [0.15, 0.2) is 0 Å². The summed E-state index contributed by atoms with van der Waals surface area (Å²) in [6.07, 6.45) is 0. The lowest BCUT2D eigenvalue weighted by Gasteiger charge is -2.31. The average Bonchev–Trinajstić information content (AvgIpc) is 2.46. The third kappa shape index (κ3) is 2.99. The van der Waals surface area contributed by atoms with Gasteiger partial charge in [-0.05, 0) is 32.0 Å². The van der Waals surface area contributed by atoms with Crippen molar-refractivity contribution < 1.29 is 18.3 Å². The molecule has 1 aromatic rings. The second kappa shape index (κ2) is 6.72. The zero-order chi connectivity index (χ0) is 16.3. The maximum atomic E-state index is 13.2. The summed E-state index contributed by atoms with van der Waals surface area (Å²) in [6.45, 7) is 3.73. The lowest BCUT2D eigenvalue weighted by molar-refractivity contribution is 0.213. The molecule has 22 heavy (non-hydrogen) atoms. The normalized spacial score (nSPS) is 17.6. The molecule has 1 aliphatic rings. The molecule has 0 aromatic heterocycles. The molecule has 0 fully saturated rings. The van der Waals surface area contributed by atoms with Crippen LogP contribution in [0.1, 0.15) is 25.1 Å². The van der Waals surface area contributed by atoms with Gasteiger partial charge in [0, 0.05) is 10.6 Å². The van der Waals surface area contributed by atoms with E-state index in [4.69, 9.17) is 31.1 Å². The molecule has 0 saturated heterocycles. The van der Waals surface area contributed by atoms with E-state index in [0.717, 1.165) is 0 Å². The number of rotatable bonds is 5. The monoisotopic (exact) mass is 342 g/mol. The number of benzene rings is 1. The molecule has 0 aliphatic carbocycles. The first-order valence-corrected chi connectivity index (χ1v) is 8.71. The van der Waals surface area contributed by atoms with E-state index in [9.17, 15) is 9.83 Å². The number of fused-ring (bicyclic) bond motifs is 1. The van der Waals surface area contributed by atoms with Crippen molar-refractivity contribution in [3.63, 3.8) is 0 Å². The van der Waals surface area contributed by atoms with Gasteiger partial charge in [-0.3, -0.25) is 4.57 Å². The molecule has 0 amide bonds. The quantitative estimate of drug-likeness (QED) is 0.819. The Hall–Kier alpha value is -1.51. The largest absolute Gasteiger partial charge is 0.440 e. The van der Waals surface area contributed by atoms with Crippen molar-refractivity contribution in [1.82, 2.24) is 0 Å². The van der Waals surface area contributed by atoms with Gasteiger partial charge in [-0.1, -0.05) is 11.6 Å². The minimum atomic E-state index is -3.66. The van der Waals surface area contributed by atoms with Crippen molar-refractivity contribution in [3.05, 3.63) is 40.2 Å². The summed E-state index contributed by atoms with van der Waals surface area (Å²) < 4.78 is 29.3. The summed E-state index contributed by atoms with van der Waals surface area (Å²) in [5, 5.41) is 9.81. The maximum absolute atomic E-state index is 13.2. The van der Waals surface area contributed by atoms with Gasteiger partial charge in [-0.25, -0.2) is 0 Å². The van der Waals surface area contributed by atoms with Crippen LogP contribution in [0.25, 0.3) is 0 Å². The van der Waals surface area contributed by atoms with E-state index >= 15 is 0 Å². The number of allylic oxidation sites excluding steroid dienone is 1. The van der Waals surface area contributed by atoms with Gasteiger partial charge < -0.3 is 19.5 Å². The van der Waals surface area contributed by atoms with E-state index in [-0.39, 0.29) is 24.7 Å². The highest BCUT2D eigenvalue weighted by atomic mass is 35.5. The van der Waals surface area contributed by atoms with Crippen LogP contribution in [0.15, 0.2) is 29.7 Å². The zero-order valence-electron chi connectivity index (χ0n) is 12.2. The second-order valence-electron chi connectivity index (χ2n) is 4.45. The highest BCUT2D eigenvalue weighted by molar-refractivity contribution is 7.54. The third-order valence-corrected chi connectivity index (χ3v) is 5.72. The van der Waals surface area contributed by atoms with Gasteiger partial charge in [0.1, 0.15) is 23.1 Å². The number of hydrogen-bond acceptors (Lipinski definition) is 6. The molecule has 1 atom stereocenters. The fourth-order valence-corrected chi connectivity index (χ4v) is 4.60. The number of nitrogens with two attached hydrogens (primary N) is 1. The first-order valence-electron chi connectivity index (χ1n) is 6.72.